The van der Waals surface area contributed by atoms with Crippen LogP contribution in [0.1, 0.15) is 62.5 Å². The van der Waals surface area contributed by atoms with E-state index in [4.69, 9.17) is 21.6 Å². The van der Waals surface area contributed by atoms with Crippen LogP contribution in [0.15, 0.2) is 54.9 Å². The number of amides is 1. The van der Waals surface area contributed by atoms with Crippen LogP contribution in [-0.4, -0.2) is 40.9 Å². The Bertz CT molecular complexity index is 1350. The molecule has 2 heterocycles. The molecule has 2 N–H and O–H groups in total. The quantitative estimate of drug-likeness (QED) is 0.431. The number of hydrogen-bond donors (Lipinski definition) is 2. The largest absolute Gasteiger partial charge is 0.489 e. The Labute approximate surface area is 229 Å². The van der Waals surface area contributed by atoms with Crippen LogP contribution in [0.2, 0.25) is 5.02 Å². The Hall–Kier alpha value is -3.34. The first kappa shape index (κ1) is 26.3. The molecule has 1 amide bonds. The molecule has 3 aromatic rings. The number of ether oxygens (including phenoxy) is 1. The van der Waals surface area contributed by atoms with Crippen molar-refractivity contribution in [3.63, 3.8) is 0 Å². The van der Waals surface area contributed by atoms with E-state index in [9.17, 15) is 4.79 Å². The van der Waals surface area contributed by atoms with Crippen molar-refractivity contribution in [2.45, 2.75) is 58.7 Å². The third kappa shape index (κ3) is 4.79. The number of hydrogen-bond acceptors (Lipinski definition) is 5. The maximum absolute atomic E-state index is 13.2. The zero-order valence-corrected chi connectivity index (χ0v) is 23.0. The number of piperidine rings is 1. The second kappa shape index (κ2) is 10.1. The molecule has 0 radical (unpaired) electrons. The Morgan fingerprint density at radius 3 is 2.42 bits per heavy atom. The highest BCUT2D eigenvalue weighted by Crippen LogP contribution is 2.55. The summed E-state index contributed by atoms with van der Waals surface area (Å²) in [6.45, 7) is 10.4. The molecule has 2 aliphatic rings. The van der Waals surface area contributed by atoms with Gasteiger partial charge in [0.1, 0.15) is 17.9 Å². The van der Waals surface area contributed by atoms with Gasteiger partial charge in [-0.05, 0) is 55.8 Å². The molecule has 198 valence electrons. The summed E-state index contributed by atoms with van der Waals surface area (Å²) in [4.78, 5) is 13.2. The van der Waals surface area contributed by atoms with E-state index in [1.54, 1.807) is 18.2 Å². The van der Waals surface area contributed by atoms with Crippen molar-refractivity contribution >= 4 is 17.5 Å². The fourth-order valence-corrected chi connectivity index (χ4v) is 6.60. The number of aromatic nitrogens is 2. The lowest BCUT2D eigenvalue weighted by Gasteiger charge is -2.63. The van der Waals surface area contributed by atoms with Gasteiger partial charge in [-0.15, -0.1) is 0 Å². The third-order valence-corrected chi connectivity index (χ3v) is 8.51. The van der Waals surface area contributed by atoms with Crippen LogP contribution in [0.25, 0.3) is 11.1 Å². The van der Waals surface area contributed by atoms with Crippen LogP contribution in [0.5, 0.6) is 5.75 Å². The molecule has 0 atom stereocenters. The van der Waals surface area contributed by atoms with E-state index in [0.29, 0.717) is 27.9 Å². The summed E-state index contributed by atoms with van der Waals surface area (Å²) in [6, 6.07) is 15.2. The predicted octanol–water partition coefficient (Wildman–Crippen LogP) is 5.61. The molecule has 0 unspecified atom stereocenters. The van der Waals surface area contributed by atoms with E-state index >= 15 is 0 Å². The Morgan fingerprint density at radius 2 is 1.79 bits per heavy atom. The molecule has 8 heteroatoms. The van der Waals surface area contributed by atoms with Crippen LogP contribution in [0.4, 0.5) is 0 Å². The first-order chi connectivity index (χ1) is 18.1. The summed E-state index contributed by atoms with van der Waals surface area (Å²) in [6.07, 6.45) is 6.02. The fourth-order valence-electron chi connectivity index (χ4n) is 6.38. The molecule has 2 aromatic carbocycles. The van der Waals surface area contributed by atoms with E-state index in [1.165, 1.54) is 0 Å². The van der Waals surface area contributed by atoms with Gasteiger partial charge < -0.3 is 15.4 Å². The fraction of sp³-hybridized carbons (Fsp3) is 0.433. The zero-order valence-electron chi connectivity index (χ0n) is 22.3. The first-order valence-electron chi connectivity index (χ1n) is 13.1. The van der Waals surface area contributed by atoms with Gasteiger partial charge >= 0.3 is 0 Å². The highest BCUT2D eigenvalue weighted by molar-refractivity contribution is 6.31. The van der Waals surface area contributed by atoms with Crippen molar-refractivity contribution in [3.05, 3.63) is 71.0 Å². The summed E-state index contributed by atoms with van der Waals surface area (Å²) < 4.78 is 8.40. The SMILES string of the molecule is CC1(C)[C@H](NC(=O)c2ccc(-c3cnn(C4CCNCC4)c3)cc2)C(C)(C)[C@H]1Oc1ccc(C#N)c(Cl)c1. The minimum absolute atomic E-state index is 0.0933. The number of carbonyl (C=O) groups is 1. The Kier molecular flexibility index (Phi) is 6.97. The molecule has 1 aromatic heterocycles. The van der Waals surface area contributed by atoms with Gasteiger partial charge in [0.05, 0.1) is 22.8 Å². The van der Waals surface area contributed by atoms with Crippen molar-refractivity contribution in [1.29, 1.82) is 5.26 Å². The van der Waals surface area contributed by atoms with E-state index < -0.39 is 0 Å². The molecule has 1 saturated carbocycles. The predicted molar refractivity (Wildman–Crippen MR) is 148 cm³/mol. The number of nitrogens with one attached hydrogen (secondary N) is 2. The topological polar surface area (TPSA) is 92.0 Å². The van der Waals surface area contributed by atoms with E-state index in [-0.39, 0.29) is 28.9 Å². The summed E-state index contributed by atoms with van der Waals surface area (Å²) in [5, 5.41) is 20.7. The number of carbonyl (C=O) groups excluding carboxylic acids is 1. The molecule has 0 bridgehead atoms. The molecule has 1 aliphatic carbocycles. The van der Waals surface area contributed by atoms with Crippen molar-refractivity contribution in [3.8, 4) is 22.9 Å². The van der Waals surface area contributed by atoms with Gasteiger partial charge in [-0.3, -0.25) is 9.48 Å². The van der Waals surface area contributed by atoms with E-state index in [2.05, 4.69) is 60.4 Å². The minimum Gasteiger partial charge on any atom is -0.489 e. The van der Waals surface area contributed by atoms with Crippen molar-refractivity contribution in [2.75, 3.05) is 13.1 Å². The van der Waals surface area contributed by atoms with Gasteiger partial charge in [0, 0.05) is 40.3 Å². The van der Waals surface area contributed by atoms with Crippen molar-refractivity contribution in [2.24, 2.45) is 10.8 Å². The van der Waals surface area contributed by atoms with E-state index in [1.807, 2.05) is 30.5 Å². The summed E-state index contributed by atoms with van der Waals surface area (Å²) in [5.74, 6) is 0.511. The maximum atomic E-state index is 13.2. The highest BCUT2D eigenvalue weighted by atomic mass is 35.5. The van der Waals surface area contributed by atoms with Gasteiger partial charge in [-0.25, -0.2) is 0 Å². The molecule has 1 aliphatic heterocycles. The van der Waals surface area contributed by atoms with Gasteiger partial charge in [0.2, 0.25) is 0 Å². The van der Waals surface area contributed by atoms with Crippen LogP contribution in [-0.2, 0) is 0 Å². The lowest BCUT2D eigenvalue weighted by atomic mass is 9.49. The molecular weight excluding hydrogens is 498 g/mol. The van der Waals surface area contributed by atoms with Gasteiger partial charge in [-0.2, -0.15) is 10.4 Å². The van der Waals surface area contributed by atoms with Crippen molar-refractivity contribution in [1.82, 2.24) is 20.4 Å². The second-order valence-corrected chi connectivity index (χ2v) is 12.0. The van der Waals surface area contributed by atoms with Gasteiger partial charge in [-0.1, -0.05) is 51.4 Å². The first-order valence-corrected chi connectivity index (χ1v) is 13.5. The molecule has 0 spiro atoms. The maximum Gasteiger partial charge on any atom is 0.251 e. The van der Waals surface area contributed by atoms with Gasteiger partial charge in [0.25, 0.3) is 5.91 Å². The third-order valence-electron chi connectivity index (χ3n) is 8.19. The summed E-state index contributed by atoms with van der Waals surface area (Å²) >= 11 is 6.20. The van der Waals surface area contributed by atoms with Crippen LogP contribution in [0.3, 0.4) is 0 Å². The summed E-state index contributed by atoms with van der Waals surface area (Å²) in [5.41, 5.74) is 2.50. The smallest absolute Gasteiger partial charge is 0.251 e. The number of benzene rings is 2. The van der Waals surface area contributed by atoms with Crippen LogP contribution in [0, 0.1) is 22.2 Å². The number of nitriles is 1. The molecule has 5 rings (SSSR count). The number of halogens is 1. The van der Waals surface area contributed by atoms with Gasteiger partial charge in [0.15, 0.2) is 0 Å². The molecule has 2 fully saturated rings. The molecule has 1 saturated heterocycles. The Balaban J connectivity index is 1.24. The lowest BCUT2D eigenvalue weighted by Crippen LogP contribution is -2.74. The molecule has 7 nitrogen and oxygen atoms in total. The Morgan fingerprint density at radius 1 is 1.11 bits per heavy atom. The highest BCUT2D eigenvalue weighted by Gasteiger charge is 2.64. The average molecular weight is 532 g/mol. The number of nitrogens with zero attached hydrogens (tertiary/aromatic N) is 3. The van der Waals surface area contributed by atoms with Crippen LogP contribution < -0.4 is 15.4 Å². The second-order valence-electron chi connectivity index (χ2n) is 11.6. The monoisotopic (exact) mass is 531 g/mol. The van der Waals surface area contributed by atoms with E-state index in [0.717, 1.165) is 37.1 Å². The average Bonchev–Trinajstić information content (AvgIpc) is 3.41. The lowest BCUT2D eigenvalue weighted by molar-refractivity contribution is -0.164. The summed E-state index contributed by atoms with van der Waals surface area (Å²) in [7, 11) is 0. The molecular formula is C30H34ClN5O2. The van der Waals surface area contributed by atoms with Crippen molar-refractivity contribution < 1.29 is 9.53 Å². The minimum atomic E-state index is -0.317. The normalized spacial score (nSPS) is 22.2. The number of rotatable bonds is 6. The zero-order chi connectivity index (χ0) is 27.1. The van der Waals surface area contributed by atoms with Crippen LogP contribution >= 0.6 is 11.6 Å². The molecule has 38 heavy (non-hydrogen) atoms. The standard InChI is InChI=1S/C30H34ClN5O2/c1-29(2)27(30(3,4)28(29)38-24-10-9-21(16-32)25(31)15-24)35-26(37)20-7-5-19(6-8-20)22-17-34-36(18-22)23-11-13-33-14-12-23/h5-10,15,17-18,23,27-28,33H,11-14H2,1-4H3,(H,35,37)/t27-,28-.